The Bertz CT molecular complexity index is 2820. The van der Waals surface area contributed by atoms with E-state index in [9.17, 15) is 0 Å². The highest BCUT2D eigenvalue weighted by molar-refractivity contribution is 7.22. The number of hydrogen-bond acceptors (Lipinski definition) is 10. The van der Waals surface area contributed by atoms with E-state index in [2.05, 4.69) is 81.6 Å². The van der Waals surface area contributed by atoms with Crippen LogP contribution in [0.1, 0.15) is 0 Å². The predicted octanol–water partition coefficient (Wildman–Crippen LogP) is 10.1. The van der Waals surface area contributed by atoms with Gasteiger partial charge in [0.15, 0.2) is 0 Å². The Morgan fingerprint density at radius 2 is 0.737 bits per heavy atom. The smallest absolute Gasteiger partial charge is 0.124 e. The van der Waals surface area contributed by atoms with Gasteiger partial charge in [-0.2, -0.15) is 0 Å². The zero-order valence-electron chi connectivity index (χ0n) is 30.8. The van der Waals surface area contributed by atoms with Gasteiger partial charge >= 0.3 is 0 Å². The number of rotatable bonds is 6. The Hall–Kier alpha value is -6.66. The fraction of sp³-hybridized carbons (Fsp3) is 0.0435. The zero-order chi connectivity index (χ0) is 38.1. The van der Waals surface area contributed by atoms with Gasteiger partial charge in [0, 0.05) is 35.9 Å². The van der Waals surface area contributed by atoms with Crippen LogP contribution in [-0.2, 0) is 0 Å². The third-order valence-electron chi connectivity index (χ3n) is 10.5. The summed E-state index contributed by atoms with van der Waals surface area (Å²) in [6, 6.07) is 41.3. The van der Waals surface area contributed by atoms with Crippen molar-refractivity contribution in [2.75, 3.05) is 0 Å². The molecule has 10 aromatic rings. The van der Waals surface area contributed by atoms with Gasteiger partial charge in [0.25, 0.3) is 0 Å². The zero-order valence-corrected chi connectivity index (χ0v) is 33.4. The lowest BCUT2D eigenvalue weighted by Crippen LogP contribution is -2.49. The van der Waals surface area contributed by atoms with Crippen molar-refractivity contribution < 1.29 is 0 Å². The maximum Gasteiger partial charge on any atom is 0.124 e. The van der Waals surface area contributed by atoms with Gasteiger partial charge in [0.2, 0.25) is 0 Å². The first kappa shape index (κ1) is 33.7. The molecule has 1 aliphatic rings. The molecule has 57 heavy (non-hydrogen) atoms. The standard InChI is InChI=1S/C46H30N8S2Si/c1-57(2)43-25-41-39(53-45(55-41)27-19-35(31-11-3-7-15-47-31)51-36(20-27)32-12-4-8-16-48-32)23-29(43)30-24-40-42(26-44(30)57)56-46(54-40)28-21-37(33-13-5-9-17-49-33)52-38(22-28)34-14-6-10-18-50-34/h3-26H,1-2H3. The molecular formula is C46H30N8S2Si. The molecule has 0 saturated heterocycles. The molecule has 2 aromatic carbocycles. The fourth-order valence-electron chi connectivity index (χ4n) is 7.71. The summed E-state index contributed by atoms with van der Waals surface area (Å²) in [5.41, 5.74) is 12.9. The quantitative estimate of drug-likeness (QED) is 0.154. The van der Waals surface area contributed by atoms with Crippen LogP contribution in [0, 0.1) is 0 Å². The largest absolute Gasteiger partial charge is 0.255 e. The molecule has 0 unspecified atom stereocenters. The van der Waals surface area contributed by atoms with E-state index in [-0.39, 0.29) is 0 Å². The van der Waals surface area contributed by atoms with E-state index in [1.807, 2.05) is 72.8 Å². The van der Waals surface area contributed by atoms with Crippen molar-refractivity contribution in [3.63, 3.8) is 0 Å². The van der Waals surface area contributed by atoms with Crippen LogP contribution in [0.5, 0.6) is 0 Å². The Balaban J connectivity index is 1.01. The summed E-state index contributed by atoms with van der Waals surface area (Å²) in [6.45, 7) is 4.92. The number of pyridine rings is 6. The predicted molar refractivity (Wildman–Crippen MR) is 234 cm³/mol. The average molecular weight is 787 g/mol. The molecule has 0 saturated carbocycles. The molecule has 0 spiro atoms. The molecule has 0 bridgehead atoms. The van der Waals surface area contributed by atoms with E-state index < -0.39 is 8.07 Å². The van der Waals surface area contributed by atoms with Crippen molar-refractivity contribution in [2.24, 2.45) is 0 Å². The first-order chi connectivity index (χ1) is 27.9. The molecule has 0 aliphatic carbocycles. The minimum atomic E-state index is -2.06. The van der Waals surface area contributed by atoms with Gasteiger partial charge in [-0.25, -0.2) is 19.9 Å². The molecule has 0 radical (unpaired) electrons. The number of aromatic nitrogens is 8. The van der Waals surface area contributed by atoms with Gasteiger partial charge in [0.1, 0.15) is 18.1 Å². The van der Waals surface area contributed by atoms with E-state index in [1.54, 1.807) is 47.5 Å². The SMILES string of the molecule is C[Si]1(C)c2cc3sc(-c4cc(-c5ccccn5)nc(-c5ccccn5)c4)nc3cc2-c2cc3nc(-c4cc(-c5ccccn5)nc(-c5ccccn5)c4)sc3cc21. The second-order valence-corrected chi connectivity index (χ2v) is 20.9. The van der Waals surface area contributed by atoms with Gasteiger partial charge in [-0.1, -0.05) is 37.4 Å². The third-order valence-corrected chi connectivity index (χ3v) is 16.2. The summed E-state index contributed by atoms with van der Waals surface area (Å²) in [4.78, 5) is 38.9. The molecule has 0 atom stereocenters. The van der Waals surface area contributed by atoms with Crippen LogP contribution in [0.25, 0.3) is 98.3 Å². The number of hydrogen-bond donors (Lipinski definition) is 0. The minimum Gasteiger partial charge on any atom is -0.255 e. The summed E-state index contributed by atoms with van der Waals surface area (Å²) >= 11 is 3.45. The van der Waals surface area contributed by atoms with Crippen LogP contribution in [0.2, 0.25) is 13.1 Å². The van der Waals surface area contributed by atoms with Gasteiger partial charge in [0.05, 0.1) is 66.0 Å². The second-order valence-electron chi connectivity index (χ2n) is 14.5. The lowest BCUT2D eigenvalue weighted by atomic mass is 10.1. The molecule has 0 N–H and O–H groups in total. The number of fused-ring (bicyclic) bond motifs is 5. The van der Waals surface area contributed by atoms with Crippen LogP contribution < -0.4 is 10.4 Å². The molecule has 0 amide bonds. The molecule has 9 heterocycles. The first-order valence-electron chi connectivity index (χ1n) is 18.6. The third kappa shape index (κ3) is 5.86. The van der Waals surface area contributed by atoms with Crippen LogP contribution in [0.3, 0.4) is 0 Å². The molecule has 11 heteroatoms. The van der Waals surface area contributed by atoms with E-state index in [4.69, 9.17) is 19.9 Å². The van der Waals surface area contributed by atoms with Crippen molar-refractivity contribution in [3.8, 4) is 77.8 Å². The highest BCUT2D eigenvalue weighted by Gasteiger charge is 2.39. The summed E-state index contributed by atoms with van der Waals surface area (Å²) in [6.07, 6.45) is 7.19. The van der Waals surface area contributed by atoms with Gasteiger partial charge < -0.3 is 0 Å². The Labute approximate surface area is 336 Å². The van der Waals surface area contributed by atoms with E-state index >= 15 is 0 Å². The van der Waals surface area contributed by atoms with E-state index in [1.165, 1.54) is 30.9 Å². The lowest BCUT2D eigenvalue weighted by molar-refractivity contribution is 1.22. The summed E-state index contributed by atoms with van der Waals surface area (Å²) in [5.74, 6) is 0. The molecule has 8 nitrogen and oxygen atoms in total. The first-order valence-corrected chi connectivity index (χ1v) is 23.2. The van der Waals surface area contributed by atoms with E-state index in [0.717, 1.165) is 77.7 Å². The van der Waals surface area contributed by atoms with Crippen molar-refractivity contribution in [3.05, 3.63) is 146 Å². The fourth-order valence-corrected chi connectivity index (χ4v) is 12.9. The Morgan fingerprint density at radius 3 is 1.05 bits per heavy atom. The normalized spacial score (nSPS) is 12.9. The van der Waals surface area contributed by atoms with Gasteiger partial charge in [-0.3, -0.25) is 19.9 Å². The minimum absolute atomic E-state index is 0.789. The van der Waals surface area contributed by atoms with Crippen LogP contribution in [-0.4, -0.2) is 47.9 Å². The van der Waals surface area contributed by atoms with Crippen molar-refractivity contribution >= 4 is 61.6 Å². The average Bonchev–Trinajstić information content (AvgIpc) is 3.95. The highest BCUT2D eigenvalue weighted by Crippen LogP contribution is 2.40. The molecule has 0 fully saturated rings. The number of thiazole rings is 2. The summed E-state index contributed by atoms with van der Waals surface area (Å²) in [7, 11) is -2.06. The van der Waals surface area contributed by atoms with Crippen LogP contribution >= 0.6 is 22.7 Å². The van der Waals surface area contributed by atoms with Crippen molar-refractivity contribution in [2.45, 2.75) is 13.1 Å². The van der Waals surface area contributed by atoms with Gasteiger partial charge in [-0.05, 0) is 119 Å². The van der Waals surface area contributed by atoms with Crippen molar-refractivity contribution in [1.29, 1.82) is 0 Å². The topological polar surface area (TPSA) is 103 Å². The monoisotopic (exact) mass is 786 g/mol. The van der Waals surface area contributed by atoms with Crippen LogP contribution in [0.15, 0.2) is 146 Å². The second kappa shape index (κ2) is 13.2. The molecule has 1 aliphatic heterocycles. The molecule has 11 rings (SSSR count). The van der Waals surface area contributed by atoms with Gasteiger partial charge in [-0.15, -0.1) is 22.7 Å². The van der Waals surface area contributed by atoms with Crippen LogP contribution in [0.4, 0.5) is 0 Å². The highest BCUT2D eigenvalue weighted by atomic mass is 32.1. The Kier molecular flexibility index (Phi) is 7.81. The molecule has 8 aromatic heterocycles. The molecular weight excluding hydrogens is 757 g/mol. The summed E-state index contributed by atoms with van der Waals surface area (Å²) in [5, 5.41) is 4.75. The Morgan fingerprint density at radius 1 is 0.386 bits per heavy atom. The number of benzene rings is 2. The maximum atomic E-state index is 5.26. The molecule has 270 valence electrons. The maximum absolute atomic E-state index is 5.26. The van der Waals surface area contributed by atoms with Crippen molar-refractivity contribution in [1.82, 2.24) is 39.9 Å². The number of nitrogens with zero attached hydrogens (tertiary/aromatic N) is 8. The lowest BCUT2D eigenvalue weighted by Gasteiger charge is -2.18. The summed E-state index contributed by atoms with van der Waals surface area (Å²) < 4.78 is 2.36. The van der Waals surface area contributed by atoms with E-state index in [0.29, 0.717) is 0 Å².